The lowest BCUT2D eigenvalue weighted by atomic mass is 10.1. The Hall–Kier alpha value is -1.02. The highest BCUT2D eigenvalue weighted by Crippen LogP contribution is 2.23. The van der Waals surface area contributed by atoms with Gasteiger partial charge in [0.05, 0.1) is 6.61 Å². The van der Waals surface area contributed by atoms with Crippen molar-refractivity contribution in [3.63, 3.8) is 0 Å². The molecule has 0 aliphatic rings. The first-order chi connectivity index (χ1) is 8.72. The van der Waals surface area contributed by atoms with Crippen molar-refractivity contribution >= 4 is 5.69 Å². The summed E-state index contributed by atoms with van der Waals surface area (Å²) in [5, 5.41) is 9.52. The molecule has 0 saturated carbocycles. The topological polar surface area (TPSA) is 23.5 Å². The fourth-order valence-electron chi connectivity index (χ4n) is 2.20. The van der Waals surface area contributed by atoms with Crippen LogP contribution in [0.15, 0.2) is 18.2 Å². The van der Waals surface area contributed by atoms with E-state index in [-0.39, 0.29) is 6.61 Å². The van der Waals surface area contributed by atoms with Crippen LogP contribution in [0.2, 0.25) is 0 Å². The zero-order valence-corrected chi connectivity index (χ0v) is 12.1. The maximum atomic E-state index is 9.52. The monoisotopic (exact) mass is 249 g/mol. The maximum Gasteiger partial charge on any atom is 0.0702 e. The normalized spacial score (nSPS) is 10.7. The minimum atomic E-state index is 0.131. The van der Waals surface area contributed by atoms with E-state index in [0.29, 0.717) is 0 Å². The van der Waals surface area contributed by atoms with Gasteiger partial charge in [-0.1, -0.05) is 44.4 Å². The standard InChI is InChI=1S/C16H27NO/c1-4-6-10-17(11-7-5-2)16-9-8-14(3)12-15(16)13-18/h8-9,12,18H,4-7,10-11,13H2,1-3H3. The van der Waals surface area contributed by atoms with E-state index in [0.717, 1.165) is 18.7 Å². The van der Waals surface area contributed by atoms with E-state index in [4.69, 9.17) is 0 Å². The van der Waals surface area contributed by atoms with Crippen LogP contribution in [0.25, 0.3) is 0 Å². The fraction of sp³-hybridized carbons (Fsp3) is 0.625. The summed E-state index contributed by atoms with van der Waals surface area (Å²) in [5.74, 6) is 0. The smallest absolute Gasteiger partial charge is 0.0702 e. The SMILES string of the molecule is CCCCN(CCCC)c1ccc(C)cc1CO. The van der Waals surface area contributed by atoms with Gasteiger partial charge in [0, 0.05) is 24.3 Å². The summed E-state index contributed by atoms with van der Waals surface area (Å²) in [6.07, 6.45) is 4.84. The van der Waals surface area contributed by atoms with Crippen LogP contribution in [0.3, 0.4) is 0 Å². The average molecular weight is 249 g/mol. The quantitative estimate of drug-likeness (QED) is 0.755. The minimum absolute atomic E-state index is 0.131. The van der Waals surface area contributed by atoms with Crippen LogP contribution in [0, 0.1) is 6.92 Å². The van der Waals surface area contributed by atoms with Crippen LogP contribution >= 0.6 is 0 Å². The van der Waals surface area contributed by atoms with Gasteiger partial charge in [0.2, 0.25) is 0 Å². The summed E-state index contributed by atoms with van der Waals surface area (Å²) in [5.41, 5.74) is 3.49. The number of aliphatic hydroxyl groups excluding tert-OH is 1. The zero-order chi connectivity index (χ0) is 13.4. The largest absolute Gasteiger partial charge is 0.392 e. The lowest BCUT2D eigenvalue weighted by Gasteiger charge is -2.27. The molecule has 0 heterocycles. The van der Waals surface area contributed by atoms with Gasteiger partial charge in [-0.15, -0.1) is 0 Å². The average Bonchev–Trinajstić information content (AvgIpc) is 2.39. The number of hydrogen-bond acceptors (Lipinski definition) is 2. The molecule has 2 nitrogen and oxygen atoms in total. The van der Waals surface area contributed by atoms with Gasteiger partial charge in [0.25, 0.3) is 0 Å². The first-order valence-corrected chi connectivity index (χ1v) is 7.18. The molecule has 102 valence electrons. The van der Waals surface area contributed by atoms with Gasteiger partial charge < -0.3 is 10.0 Å². The van der Waals surface area contributed by atoms with Crippen LogP contribution in [0.4, 0.5) is 5.69 Å². The molecule has 0 aliphatic heterocycles. The van der Waals surface area contributed by atoms with E-state index < -0.39 is 0 Å². The third-order valence-corrected chi connectivity index (χ3v) is 3.31. The van der Waals surface area contributed by atoms with Crippen molar-refractivity contribution in [2.45, 2.75) is 53.1 Å². The van der Waals surface area contributed by atoms with E-state index in [1.54, 1.807) is 0 Å². The Morgan fingerprint density at radius 2 is 1.67 bits per heavy atom. The van der Waals surface area contributed by atoms with E-state index in [1.165, 1.54) is 36.9 Å². The molecule has 1 aromatic carbocycles. The number of aliphatic hydroxyl groups is 1. The number of aryl methyl sites for hydroxylation is 1. The minimum Gasteiger partial charge on any atom is -0.392 e. The zero-order valence-electron chi connectivity index (χ0n) is 12.1. The highest BCUT2D eigenvalue weighted by molar-refractivity contribution is 5.54. The Kier molecular flexibility index (Phi) is 6.81. The molecule has 0 aromatic heterocycles. The summed E-state index contributed by atoms with van der Waals surface area (Å²) >= 11 is 0. The Balaban J connectivity index is 2.88. The molecular weight excluding hydrogens is 222 g/mol. The number of nitrogens with zero attached hydrogens (tertiary/aromatic N) is 1. The molecule has 2 heteroatoms. The van der Waals surface area contributed by atoms with Crippen molar-refractivity contribution in [3.05, 3.63) is 29.3 Å². The highest BCUT2D eigenvalue weighted by Gasteiger charge is 2.10. The van der Waals surface area contributed by atoms with Crippen LogP contribution in [0.1, 0.15) is 50.7 Å². The van der Waals surface area contributed by atoms with Gasteiger partial charge in [-0.05, 0) is 25.8 Å². The Morgan fingerprint density at radius 1 is 1.06 bits per heavy atom. The highest BCUT2D eigenvalue weighted by atomic mass is 16.3. The van der Waals surface area contributed by atoms with Crippen molar-refractivity contribution in [3.8, 4) is 0 Å². The number of unbranched alkanes of at least 4 members (excludes halogenated alkanes) is 2. The van der Waals surface area contributed by atoms with Crippen molar-refractivity contribution in [2.75, 3.05) is 18.0 Å². The third-order valence-electron chi connectivity index (χ3n) is 3.31. The molecule has 18 heavy (non-hydrogen) atoms. The van der Waals surface area contributed by atoms with Gasteiger partial charge in [-0.2, -0.15) is 0 Å². The van der Waals surface area contributed by atoms with E-state index in [1.807, 2.05) is 0 Å². The van der Waals surface area contributed by atoms with Gasteiger partial charge in [0.15, 0.2) is 0 Å². The molecule has 0 atom stereocenters. The van der Waals surface area contributed by atoms with Gasteiger partial charge >= 0.3 is 0 Å². The second kappa shape index (κ2) is 8.15. The molecule has 0 bridgehead atoms. The van der Waals surface area contributed by atoms with Crippen molar-refractivity contribution in [1.82, 2.24) is 0 Å². The van der Waals surface area contributed by atoms with Crippen LogP contribution in [-0.2, 0) is 6.61 Å². The van der Waals surface area contributed by atoms with Gasteiger partial charge in [-0.25, -0.2) is 0 Å². The third kappa shape index (κ3) is 4.34. The van der Waals surface area contributed by atoms with Gasteiger partial charge in [-0.3, -0.25) is 0 Å². The van der Waals surface area contributed by atoms with E-state index in [9.17, 15) is 5.11 Å². The molecule has 0 amide bonds. The first kappa shape index (κ1) is 15.0. The Morgan fingerprint density at radius 3 is 2.17 bits per heavy atom. The Bertz CT molecular complexity index is 341. The summed E-state index contributed by atoms with van der Waals surface area (Å²) < 4.78 is 0. The second-order valence-electron chi connectivity index (χ2n) is 4.98. The molecule has 0 aliphatic carbocycles. The molecule has 0 saturated heterocycles. The number of rotatable bonds is 8. The lowest BCUT2D eigenvalue weighted by Crippen LogP contribution is -2.26. The molecule has 0 unspecified atom stereocenters. The number of hydrogen-bond donors (Lipinski definition) is 1. The molecule has 0 fully saturated rings. The van der Waals surface area contributed by atoms with Crippen molar-refractivity contribution in [1.29, 1.82) is 0 Å². The molecule has 1 rings (SSSR count). The molecule has 0 spiro atoms. The van der Waals surface area contributed by atoms with Crippen LogP contribution in [-0.4, -0.2) is 18.2 Å². The van der Waals surface area contributed by atoms with Crippen molar-refractivity contribution in [2.24, 2.45) is 0 Å². The van der Waals surface area contributed by atoms with E-state index in [2.05, 4.69) is 43.9 Å². The van der Waals surface area contributed by atoms with Gasteiger partial charge in [0.1, 0.15) is 0 Å². The number of benzene rings is 1. The molecule has 1 aromatic rings. The van der Waals surface area contributed by atoms with Crippen LogP contribution < -0.4 is 4.90 Å². The first-order valence-electron chi connectivity index (χ1n) is 7.18. The Labute approximate surface area is 112 Å². The van der Waals surface area contributed by atoms with Crippen LogP contribution in [0.5, 0.6) is 0 Å². The maximum absolute atomic E-state index is 9.52. The second-order valence-corrected chi connectivity index (χ2v) is 4.98. The van der Waals surface area contributed by atoms with E-state index >= 15 is 0 Å². The summed E-state index contributed by atoms with van der Waals surface area (Å²) in [6, 6.07) is 6.39. The lowest BCUT2D eigenvalue weighted by molar-refractivity contribution is 0.282. The predicted molar refractivity (Wildman–Crippen MR) is 79.1 cm³/mol. The number of anilines is 1. The molecule has 1 N–H and O–H groups in total. The molecule has 0 radical (unpaired) electrons. The molecular formula is C16H27NO. The summed E-state index contributed by atoms with van der Waals surface area (Å²) in [4.78, 5) is 2.43. The predicted octanol–water partition coefficient (Wildman–Crippen LogP) is 3.89. The summed E-state index contributed by atoms with van der Waals surface area (Å²) in [7, 11) is 0. The fourth-order valence-corrected chi connectivity index (χ4v) is 2.20. The van der Waals surface area contributed by atoms with Crippen molar-refractivity contribution < 1.29 is 5.11 Å². The summed E-state index contributed by atoms with van der Waals surface area (Å²) in [6.45, 7) is 8.83.